The van der Waals surface area contributed by atoms with Crippen LogP contribution in [-0.2, 0) is 17.0 Å². The van der Waals surface area contributed by atoms with Gasteiger partial charge in [0.1, 0.15) is 0 Å². The van der Waals surface area contributed by atoms with Gasteiger partial charge in [0.2, 0.25) is 11.8 Å². The van der Waals surface area contributed by atoms with E-state index >= 15 is 0 Å². The van der Waals surface area contributed by atoms with Crippen molar-refractivity contribution in [1.82, 2.24) is 15.1 Å². The monoisotopic (exact) mass is 436 g/mol. The molecule has 0 aliphatic carbocycles. The van der Waals surface area contributed by atoms with Crippen molar-refractivity contribution in [3.63, 3.8) is 0 Å². The van der Waals surface area contributed by atoms with E-state index in [4.69, 9.17) is 4.52 Å². The summed E-state index contributed by atoms with van der Waals surface area (Å²) in [4.78, 5) is 21.1. The molecule has 152 valence electrons. The highest BCUT2D eigenvalue weighted by Gasteiger charge is 2.11. The molecule has 0 aliphatic heterocycles. The number of aromatic nitrogens is 3. The average Bonchev–Trinajstić information content (AvgIpc) is 3.43. The highest BCUT2D eigenvalue weighted by molar-refractivity contribution is 8.00. The van der Waals surface area contributed by atoms with Crippen LogP contribution >= 0.6 is 23.1 Å². The first-order chi connectivity index (χ1) is 14.7. The van der Waals surface area contributed by atoms with E-state index in [1.807, 2.05) is 66.9 Å². The number of nitrogens with zero attached hydrogens (tertiary/aromatic N) is 3. The summed E-state index contributed by atoms with van der Waals surface area (Å²) in [6.45, 7) is 2.01. The normalized spacial score (nSPS) is 10.8. The van der Waals surface area contributed by atoms with Gasteiger partial charge in [0.15, 0.2) is 10.2 Å². The number of carbonyl (C=O) groups excluding carboxylic acids is 1. The molecule has 6 nitrogen and oxygen atoms in total. The van der Waals surface area contributed by atoms with Crippen LogP contribution in [0.25, 0.3) is 11.3 Å². The van der Waals surface area contributed by atoms with Crippen molar-refractivity contribution in [3.05, 3.63) is 77.3 Å². The molecule has 0 saturated carbocycles. The van der Waals surface area contributed by atoms with E-state index in [0.717, 1.165) is 26.8 Å². The van der Waals surface area contributed by atoms with Gasteiger partial charge in [-0.05, 0) is 19.1 Å². The number of anilines is 1. The van der Waals surface area contributed by atoms with E-state index in [2.05, 4.69) is 20.4 Å². The van der Waals surface area contributed by atoms with E-state index in [-0.39, 0.29) is 12.3 Å². The Balaban J connectivity index is 1.25. The number of benzene rings is 2. The van der Waals surface area contributed by atoms with Crippen LogP contribution in [0, 0.1) is 6.92 Å². The molecule has 0 unspecified atom stereocenters. The van der Waals surface area contributed by atoms with Crippen LogP contribution in [0.5, 0.6) is 0 Å². The Bertz CT molecular complexity index is 1110. The molecule has 30 heavy (non-hydrogen) atoms. The number of thioether (sulfide) groups is 1. The molecule has 2 aromatic heterocycles. The van der Waals surface area contributed by atoms with Gasteiger partial charge in [-0.15, -0.1) is 11.3 Å². The molecule has 2 aromatic carbocycles. The van der Waals surface area contributed by atoms with Crippen molar-refractivity contribution < 1.29 is 9.32 Å². The number of aryl methyl sites for hydroxylation is 2. The number of nitrogens with one attached hydrogen (secondary N) is 1. The van der Waals surface area contributed by atoms with Gasteiger partial charge in [-0.3, -0.25) is 4.79 Å². The maximum absolute atomic E-state index is 12.1. The minimum atomic E-state index is -0.0794. The zero-order valence-electron chi connectivity index (χ0n) is 16.4. The smallest absolute Gasteiger partial charge is 0.227 e. The van der Waals surface area contributed by atoms with E-state index in [9.17, 15) is 4.79 Å². The zero-order chi connectivity index (χ0) is 20.8. The molecule has 0 spiro atoms. The van der Waals surface area contributed by atoms with Gasteiger partial charge in [-0.2, -0.15) is 4.98 Å². The molecule has 4 rings (SSSR count). The number of amides is 1. The minimum Gasteiger partial charge on any atom is -0.339 e. The first-order valence-electron chi connectivity index (χ1n) is 9.47. The molecule has 0 bridgehead atoms. The van der Waals surface area contributed by atoms with Crippen LogP contribution < -0.4 is 5.32 Å². The SMILES string of the molecule is Cc1ccc(NC(=O)CCc2nc(CSc3nc(-c4ccccc4)cs3)no2)cc1. The van der Waals surface area contributed by atoms with Crippen molar-refractivity contribution in [2.75, 3.05) is 5.32 Å². The van der Waals surface area contributed by atoms with E-state index in [1.165, 1.54) is 0 Å². The van der Waals surface area contributed by atoms with Crippen LogP contribution in [0.1, 0.15) is 23.7 Å². The van der Waals surface area contributed by atoms with Gasteiger partial charge >= 0.3 is 0 Å². The third kappa shape index (κ3) is 5.55. The van der Waals surface area contributed by atoms with Gasteiger partial charge in [0.05, 0.1) is 11.4 Å². The number of hydrogen-bond acceptors (Lipinski definition) is 7. The van der Waals surface area contributed by atoms with Crippen molar-refractivity contribution in [2.45, 2.75) is 29.9 Å². The van der Waals surface area contributed by atoms with Crippen molar-refractivity contribution in [2.24, 2.45) is 0 Å². The van der Waals surface area contributed by atoms with Gasteiger partial charge < -0.3 is 9.84 Å². The summed E-state index contributed by atoms with van der Waals surface area (Å²) in [5.41, 5.74) is 4.01. The Morgan fingerprint density at radius 2 is 1.90 bits per heavy atom. The molecular formula is C22H20N4O2S2. The van der Waals surface area contributed by atoms with E-state index in [0.29, 0.717) is 23.9 Å². The molecule has 2 heterocycles. The summed E-state index contributed by atoms with van der Waals surface area (Å²) >= 11 is 3.17. The molecule has 0 radical (unpaired) electrons. The van der Waals surface area contributed by atoms with Gasteiger partial charge in [0, 0.05) is 29.5 Å². The van der Waals surface area contributed by atoms with Gasteiger partial charge in [-0.1, -0.05) is 64.9 Å². The Morgan fingerprint density at radius 1 is 1.10 bits per heavy atom. The van der Waals surface area contributed by atoms with E-state index in [1.54, 1.807) is 23.1 Å². The number of rotatable bonds is 8. The van der Waals surface area contributed by atoms with Crippen molar-refractivity contribution in [3.8, 4) is 11.3 Å². The second-order valence-corrected chi connectivity index (χ2v) is 8.75. The Labute approximate surface area is 182 Å². The summed E-state index contributed by atoms with van der Waals surface area (Å²) in [5, 5.41) is 8.92. The third-order valence-corrected chi connectivity index (χ3v) is 6.31. The molecule has 4 aromatic rings. The predicted molar refractivity (Wildman–Crippen MR) is 120 cm³/mol. The molecule has 1 amide bonds. The maximum atomic E-state index is 12.1. The van der Waals surface area contributed by atoms with Crippen LogP contribution in [-0.4, -0.2) is 21.0 Å². The van der Waals surface area contributed by atoms with Crippen LogP contribution in [0.2, 0.25) is 0 Å². The highest BCUT2D eigenvalue weighted by atomic mass is 32.2. The lowest BCUT2D eigenvalue weighted by atomic mass is 10.2. The van der Waals surface area contributed by atoms with Crippen LogP contribution in [0.3, 0.4) is 0 Å². The average molecular weight is 437 g/mol. The summed E-state index contributed by atoms with van der Waals surface area (Å²) in [6, 6.07) is 17.8. The molecule has 0 saturated heterocycles. The topological polar surface area (TPSA) is 80.9 Å². The fourth-order valence-electron chi connectivity index (χ4n) is 2.72. The standard InChI is InChI=1S/C22H20N4O2S2/c1-15-7-9-17(10-8-15)23-20(27)11-12-21-25-19(26-28-21)14-30-22-24-18(13-29-22)16-5-3-2-4-6-16/h2-10,13H,11-12,14H2,1H3,(H,23,27). The molecule has 1 N–H and O–H groups in total. The quantitative estimate of drug-likeness (QED) is 0.374. The Kier molecular flexibility index (Phi) is 6.56. The summed E-state index contributed by atoms with van der Waals surface area (Å²) in [5.74, 6) is 1.56. The zero-order valence-corrected chi connectivity index (χ0v) is 18.0. The molecule has 8 heteroatoms. The second kappa shape index (κ2) is 9.69. The van der Waals surface area contributed by atoms with Crippen LogP contribution in [0.15, 0.2) is 68.8 Å². The first-order valence-corrected chi connectivity index (χ1v) is 11.3. The molecule has 0 atom stereocenters. The lowest BCUT2D eigenvalue weighted by molar-refractivity contribution is -0.116. The van der Waals surface area contributed by atoms with Gasteiger partial charge in [0.25, 0.3) is 0 Å². The van der Waals surface area contributed by atoms with Crippen molar-refractivity contribution >= 4 is 34.7 Å². The van der Waals surface area contributed by atoms with Gasteiger partial charge in [-0.25, -0.2) is 4.98 Å². The Morgan fingerprint density at radius 3 is 2.70 bits per heavy atom. The second-order valence-electron chi connectivity index (χ2n) is 6.67. The lowest BCUT2D eigenvalue weighted by Gasteiger charge is -2.04. The number of carbonyl (C=O) groups is 1. The largest absolute Gasteiger partial charge is 0.339 e. The minimum absolute atomic E-state index is 0.0794. The maximum Gasteiger partial charge on any atom is 0.227 e. The Hall–Kier alpha value is -2.97. The third-order valence-electron chi connectivity index (χ3n) is 4.29. The number of thiazole rings is 1. The van der Waals surface area contributed by atoms with E-state index < -0.39 is 0 Å². The summed E-state index contributed by atoms with van der Waals surface area (Å²) < 4.78 is 6.23. The first kappa shape index (κ1) is 20.3. The van der Waals surface area contributed by atoms with Crippen molar-refractivity contribution in [1.29, 1.82) is 0 Å². The summed E-state index contributed by atoms with van der Waals surface area (Å²) in [6.07, 6.45) is 0.695. The fourth-order valence-corrected chi connectivity index (χ4v) is 4.40. The van der Waals surface area contributed by atoms with Crippen LogP contribution in [0.4, 0.5) is 5.69 Å². The predicted octanol–water partition coefficient (Wildman–Crippen LogP) is 5.37. The highest BCUT2D eigenvalue weighted by Crippen LogP contribution is 2.29. The molecular weight excluding hydrogens is 416 g/mol. The fraction of sp³-hybridized carbons (Fsp3) is 0.182. The summed E-state index contributed by atoms with van der Waals surface area (Å²) in [7, 11) is 0. The molecule has 0 fully saturated rings. The number of hydrogen-bond donors (Lipinski definition) is 1. The lowest BCUT2D eigenvalue weighted by Crippen LogP contribution is -2.12. The molecule has 0 aliphatic rings.